The first-order valence-electron chi connectivity index (χ1n) is 5.37. The lowest BCUT2D eigenvalue weighted by atomic mass is 10.1. The van der Waals surface area contributed by atoms with E-state index >= 15 is 0 Å². The van der Waals surface area contributed by atoms with E-state index in [-0.39, 0.29) is 0 Å². The molecule has 2 N–H and O–H groups in total. The van der Waals surface area contributed by atoms with Crippen molar-refractivity contribution in [3.8, 4) is 0 Å². The van der Waals surface area contributed by atoms with Crippen LogP contribution in [0.4, 0.5) is 5.69 Å². The Bertz CT molecular complexity index is 435. The Morgan fingerprint density at radius 1 is 1.19 bits per heavy atom. The number of rotatable bonds is 3. The van der Waals surface area contributed by atoms with Gasteiger partial charge in [-0.15, -0.1) is 0 Å². The van der Waals surface area contributed by atoms with Crippen LogP contribution in [0.3, 0.4) is 0 Å². The summed E-state index contributed by atoms with van der Waals surface area (Å²) in [5.41, 5.74) is 8.77. The first-order chi connectivity index (χ1) is 7.74. The molecule has 0 saturated carbocycles. The number of aryl methyl sites for hydroxylation is 3. The summed E-state index contributed by atoms with van der Waals surface area (Å²) >= 11 is 0. The lowest BCUT2D eigenvalue weighted by Crippen LogP contribution is -1.99. The molecule has 0 atom stereocenters. The fourth-order valence-electron chi connectivity index (χ4n) is 1.63. The Balaban J connectivity index is 2.02. The molecule has 0 aliphatic rings. The predicted octanol–water partition coefficient (Wildman–Crippen LogP) is 2.15. The molecule has 0 amide bonds. The second-order valence-corrected chi connectivity index (χ2v) is 3.86. The number of aromatic nitrogens is 2. The molecule has 82 valence electrons. The Morgan fingerprint density at radius 2 is 2.06 bits per heavy atom. The van der Waals surface area contributed by atoms with Crippen LogP contribution in [0.25, 0.3) is 0 Å². The Kier molecular flexibility index (Phi) is 3.15. The van der Waals surface area contributed by atoms with Gasteiger partial charge >= 0.3 is 0 Å². The predicted molar refractivity (Wildman–Crippen MR) is 65.0 cm³/mol. The molecule has 0 bridgehead atoms. The van der Waals surface area contributed by atoms with E-state index in [2.05, 4.69) is 16.0 Å². The highest BCUT2D eigenvalue weighted by Crippen LogP contribution is 2.09. The highest BCUT2D eigenvalue weighted by Gasteiger charge is 1.99. The number of anilines is 1. The van der Waals surface area contributed by atoms with Gasteiger partial charge in [-0.2, -0.15) is 0 Å². The maximum Gasteiger partial charge on any atom is 0.128 e. The van der Waals surface area contributed by atoms with Gasteiger partial charge in [-0.1, -0.05) is 12.1 Å². The summed E-state index contributed by atoms with van der Waals surface area (Å²) in [6, 6.07) is 9.85. The van der Waals surface area contributed by atoms with Crippen molar-refractivity contribution < 1.29 is 0 Å². The van der Waals surface area contributed by atoms with Crippen LogP contribution in [-0.2, 0) is 12.8 Å². The van der Waals surface area contributed by atoms with Gasteiger partial charge < -0.3 is 5.73 Å². The highest BCUT2D eigenvalue weighted by atomic mass is 14.9. The molecule has 1 aromatic carbocycles. The van der Waals surface area contributed by atoms with Gasteiger partial charge in [0.25, 0.3) is 0 Å². The molecule has 0 aliphatic carbocycles. The van der Waals surface area contributed by atoms with E-state index in [4.69, 9.17) is 5.73 Å². The topological polar surface area (TPSA) is 51.8 Å². The van der Waals surface area contributed by atoms with Gasteiger partial charge in [0, 0.05) is 24.0 Å². The Hall–Kier alpha value is -1.90. The summed E-state index contributed by atoms with van der Waals surface area (Å²) in [6.45, 7) is 1.98. The van der Waals surface area contributed by atoms with Crippen molar-refractivity contribution >= 4 is 5.69 Å². The molecule has 0 fully saturated rings. The quantitative estimate of drug-likeness (QED) is 0.795. The summed E-state index contributed by atoms with van der Waals surface area (Å²) in [6.07, 6.45) is 3.58. The third-order valence-corrected chi connectivity index (χ3v) is 2.43. The van der Waals surface area contributed by atoms with Crippen molar-refractivity contribution in [1.29, 1.82) is 0 Å². The molecule has 0 saturated heterocycles. The normalized spacial score (nSPS) is 10.3. The molecule has 1 heterocycles. The number of nitrogen functional groups attached to an aromatic ring is 1. The van der Waals surface area contributed by atoms with Crippen LogP contribution in [0, 0.1) is 6.92 Å². The van der Waals surface area contributed by atoms with Crippen LogP contribution in [0.2, 0.25) is 0 Å². The first-order valence-corrected chi connectivity index (χ1v) is 5.37. The van der Waals surface area contributed by atoms with Gasteiger partial charge in [0.1, 0.15) is 5.82 Å². The molecule has 2 rings (SSSR count). The lowest BCUT2D eigenvalue weighted by Gasteiger charge is -2.02. The summed E-state index contributed by atoms with van der Waals surface area (Å²) in [4.78, 5) is 8.60. The molecule has 16 heavy (non-hydrogen) atoms. The van der Waals surface area contributed by atoms with Crippen LogP contribution in [-0.4, -0.2) is 9.97 Å². The zero-order valence-electron chi connectivity index (χ0n) is 9.35. The van der Waals surface area contributed by atoms with Gasteiger partial charge in [-0.3, -0.25) is 0 Å². The summed E-state index contributed by atoms with van der Waals surface area (Å²) in [5, 5.41) is 0. The maximum atomic E-state index is 5.72. The lowest BCUT2D eigenvalue weighted by molar-refractivity contribution is 0.846. The molecule has 0 unspecified atom stereocenters. The van der Waals surface area contributed by atoms with Gasteiger partial charge in [0.2, 0.25) is 0 Å². The van der Waals surface area contributed by atoms with Gasteiger partial charge in [-0.05, 0) is 37.1 Å². The average molecular weight is 213 g/mol. The van der Waals surface area contributed by atoms with E-state index in [9.17, 15) is 0 Å². The third-order valence-electron chi connectivity index (χ3n) is 2.43. The standard InChI is InChI=1S/C13H15N3/c1-10-7-8-15-13(16-10)6-5-11-3-2-4-12(14)9-11/h2-4,7-9H,5-6,14H2,1H3. The van der Waals surface area contributed by atoms with E-state index in [1.54, 1.807) is 6.20 Å². The maximum absolute atomic E-state index is 5.72. The Morgan fingerprint density at radius 3 is 2.81 bits per heavy atom. The van der Waals surface area contributed by atoms with Crippen LogP contribution in [0.5, 0.6) is 0 Å². The Labute approximate surface area is 95.4 Å². The fraction of sp³-hybridized carbons (Fsp3) is 0.231. The summed E-state index contributed by atoms with van der Waals surface area (Å²) in [5.74, 6) is 0.891. The largest absolute Gasteiger partial charge is 0.399 e. The van der Waals surface area contributed by atoms with Crippen LogP contribution in [0.15, 0.2) is 36.5 Å². The van der Waals surface area contributed by atoms with Crippen LogP contribution < -0.4 is 5.73 Å². The van der Waals surface area contributed by atoms with Crippen molar-refractivity contribution in [2.24, 2.45) is 0 Å². The van der Waals surface area contributed by atoms with Gasteiger partial charge in [0.05, 0.1) is 0 Å². The second-order valence-electron chi connectivity index (χ2n) is 3.86. The average Bonchev–Trinajstić information content (AvgIpc) is 2.27. The van der Waals surface area contributed by atoms with Crippen LogP contribution in [0.1, 0.15) is 17.1 Å². The minimum Gasteiger partial charge on any atom is -0.399 e. The number of hydrogen-bond donors (Lipinski definition) is 1. The zero-order chi connectivity index (χ0) is 11.4. The van der Waals surface area contributed by atoms with Gasteiger partial charge in [-0.25, -0.2) is 9.97 Å². The van der Waals surface area contributed by atoms with Gasteiger partial charge in [0.15, 0.2) is 0 Å². The molecule has 2 aromatic rings. The van der Waals surface area contributed by atoms with E-state index in [1.165, 1.54) is 5.56 Å². The third kappa shape index (κ3) is 2.79. The molecule has 3 nitrogen and oxygen atoms in total. The fourth-order valence-corrected chi connectivity index (χ4v) is 1.63. The van der Waals surface area contributed by atoms with E-state index in [1.807, 2.05) is 31.2 Å². The van der Waals surface area contributed by atoms with Crippen molar-refractivity contribution in [3.63, 3.8) is 0 Å². The highest BCUT2D eigenvalue weighted by molar-refractivity contribution is 5.40. The van der Waals surface area contributed by atoms with Crippen molar-refractivity contribution in [2.45, 2.75) is 19.8 Å². The number of nitrogens with two attached hydrogens (primary N) is 1. The molecular formula is C13H15N3. The zero-order valence-corrected chi connectivity index (χ0v) is 9.35. The smallest absolute Gasteiger partial charge is 0.128 e. The minimum absolute atomic E-state index is 0.808. The van der Waals surface area contributed by atoms with E-state index in [0.29, 0.717) is 0 Å². The molecule has 0 aliphatic heterocycles. The van der Waals surface area contributed by atoms with E-state index in [0.717, 1.165) is 30.0 Å². The summed E-state index contributed by atoms with van der Waals surface area (Å²) < 4.78 is 0. The number of nitrogens with zero attached hydrogens (tertiary/aromatic N) is 2. The minimum atomic E-state index is 0.808. The van der Waals surface area contributed by atoms with E-state index < -0.39 is 0 Å². The number of hydrogen-bond acceptors (Lipinski definition) is 3. The second kappa shape index (κ2) is 4.75. The number of benzene rings is 1. The van der Waals surface area contributed by atoms with Crippen LogP contribution >= 0.6 is 0 Å². The van der Waals surface area contributed by atoms with Crippen molar-refractivity contribution in [1.82, 2.24) is 9.97 Å². The molecule has 0 radical (unpaired) electrons. The molecular weight excluding hydrogens is 198 g/mol. The monoisotopic (exact) mass is 213 g/mol. The SMILES string of the molecule is Cc1ccnc(CCc2cccc(N)c2)n1. The molecule has 3 heteroatoms. The molecule has 0 spiro atoms. The molecule has 1 aromatic heterocycles. The van der Waals surface area contributed by atoms with Crippen molar-refractivity contribution in [2.75, 3.05) is 5.73 Å². The first kappa shape index (κ1) is 10.6. The van der Waals surface area contributed by atoms with Crippen molar-refractivity contribution in [3.05, 3.63) is 53.6 Å². The summed E-state index contributed by atoms with van der Waals surface area (Å²) in [7, 11) is 0.